The van der Waals surface area contributed by atoms with E-state index in [-0.39, 0.29) is 23.9 Å². The molecule has 152 valence electrons. The van der Waals surface area contributed by atoms with E-state index in [1.165, 1.54) is 12.3 Å². The van der Waals surface area contributed by atoms with Crippen molar-refractivity contribution in [2.75, 3.05) is 18.1 Å². The largest absolute Gasteiger partial charge is 0.460 e. The van der Waals surface area contributed by atoms with Gasteiger partial charge < -0.3 is 9.64 Å². The zero-order valence-electron chi connectivity index (χ0n) is 15.6. The topological polar surface area (TPSA) is 88.9 Å². The van der Waals surface area contributed by atoms with Gasteiger partial charge in [0.25, 0.3) is 10.0 Å². The lowest BCUT2D eigenvalue weighted by molar-refractivity contribution is 0.0517. The van der Waals surface area contributed by atoms with E-state index in [1.807, 2.05) is 0 Å². The number of aromatic nitrogens is 1. The van der Waals surface area contributed by atoms with Gasteiger partial charge in [-0.15, -0.1) is 4.40 Å². The van der Waals surface area contributed by atoms with Crippen LogP contribution in [0.1, 0.15) is 15.9 Å². The van der Waals surface area contributed by atoms with Crippen molar-refractivity contribution in [3.05, 3.63) is 89.2 Å². The van der Waals surface area contributed by atoms with Gasteiger partial charge in [-0.3, -0.25) is 4.98 Å². The predicted octanol–water partition coefficient (Wildman–Crippen LogP) is 3.55. The monoisotopic (exact) mass is 441 g/mol. The summed E-state index contributed by atoms with van der Waals surface area (Å²) in [6.45, 7) is 0.202. The minimum Gasteiger partial charge on any atom is -0.460 e. The number of fused-ring (bicyclic) bond motifs is 1. The number of ether oxygens (including phenoxy) is 1. The number of anilines is 1. The molecule has 0 saturated carbocycles. The molecule has 0 spiro atoms. The van der Waals surface area contributed by atoms with Crippen molar-refractivity contribution in [1.29, 1.82) is 0 Å². The van der Waals surface area contributed by atoms with Crippen LogP contribution in [0.4, 0.5) is 5.69 Å². The van der Waals surface area contributed by atoms with Gasteiger partial charge in [-0.25, -0.2) is 4.79 Å². The maximum absolute atomic E-state index is 12.5. The number of carbonyl (C=O) groups excluding carboxylic acids is 1. The Bertz CT molecular complexity index is 1210. The molecule has 0 bridgehead atoms. The number of carbonyl (C=O) groups is 1. The number of hydrogen-bond acceptors (Lipinski definition) is 6. The standard InChI is InChI=1S/C21H16ClN3O4S/c22-16-7-9-17(10-8-16)25(12-13-29-21(26)15-4-3-11-23-14-15)20-18-5-1-2-6-19(18)30(27,28)24-20/h1-11,14H,12-13H2. The first kappa shape index (κ1) is 20.1. The summed E-state index contributed by atoms with van der Waals surface area (Å²) >= 11 is 6.00. The Morgan fingerprint density at radius 1 is 1.03 bits per heavy atom. The summed E-state index contributed by atoms with van der Waals surface area (Å²) in [6, 6.07) is 16.8. The van der Waals surface area contributed by atoms with Crippen LogP contribution in [-0.2, 0) is 14.8 Å². The SMILES string of the molecule is O=C(OCCN(C1=NS(=O)(=O)c2ccccc21)c1ccc(Cl)cc1)c1cccnc1. The first-order valence-corrected chi connectivity index (χ1v) is 10.8. The molecule has 0 N–H and O–H groups in total. The van der Waals surface area contributed by atoms with Crippen molar-refractivity contribution in [2.24, 2.45) is 4.40 Å². The second kappa shape index (κ2) is 8.25. The van der Waals surface area contributed by atoms with E-state index in [0.717, 1.165) is 0 Å². The Morgan fingerprint density at radius 3 is 2.53 bits per heavy atom. The van der Waals surface area contributed by atoms with Crippen molar-refractivity contribution in [3.8, 4) is 0 Å². The lowest BCUT2D eigenvalue weighted by atomic mass is 10.1. The molecule has 3 aromatic rings. The molecular weight excluding hydrogens is 426 g/mol. The van der Waals surface area contributed by atoms with Gasteiger partial charge in [-0.2, -0.15) is 8.42 Å². The van der Waals surface area contributed by atoms with E-state index < -0.39 is 16.0 Å². The number of esters is 1. The highest BCUT2D eigenvalue weighted by atomic mass is 35.5. The van der Waals surface area contributed by atoms with Gasteiger partial charge in [-0.05, 0) is 48.5 Å². The molecule has 2 heterocycles. The first-order valence-electron chi connectivity index (χ1n) is 9.00. The number of benzene rings is 2. The van der Waals surface area contributed by atoms with Gasteiger partial charge >= 0.3 is 5.97 Å². The Labute approximate surface area is 178 Å². The zero-order chi connectivity index (χ0) is 21.1. The molecule has 0 fully saturated rings. The van der Waals surface area contributed by atoms with Crippen LogP contribution in [0.5, 0.6) is 0 Å². The highest BCUT2D eigenvalue weighted by molar-refractivity contribution is 7.90. The molecule has 0 amide bonds. The normalized spacial score (nSPS) is 14.0. The molecule has 1 aliphatic heterocycles. The highest BCUT2D eigenvalue weighted by Crippen LogP contribution is 2.30. The van der Waals surface area contributed by atoms with Crippen LogP contribution in [0.25, 0.3) is 0 Å². The molecule has 0 radical (unpaired) electrons. The van der Waals surface area contributed by atoms with Gasteiger partial charge in [0, 0.05) is 28.7 Å². The van der Waals surface area contributed by atoms with E-state index in [2.05, 4.69) is 9.38 Å². The third-order valence-corrected chi connectivity index (χ3v) is 6.03. The Kier molecular flexibility index (Phi) is 5.52. The minimum atomic E-state index is -3.80. The van der Waals surface area contributed by atoms with E-state index in [4.69, 9.17) is 16.3 Å². The summed E-state index contributed by atoms with van der Waals surface area (Å²) in [5, 5.41) is 0.545. The van der Waals surface area contributed by atoms with Crippen LogP contribution in [0.3, 0.4) is 0 Å². The third kappa shape index (κ3) is 4.05. The van der Waals surface area contributed by atoms with Gasteiger partial charge in [0.2, 0.25) is 0 Å². The van der Waals surface area contributed by atoms with E-state index in [9.17, 15) is 13.2 Å². The summed E-state index contributed by atoms with van der Waals surface area (Å²) < 4.78 is 34.3. The van der Waals surface area contributed by atoms with Crippen LogP contribution in [0.15, 0.2) is 82.4 Å². The number of sulfonamides is 1. The van der Waals surface area contributed by atoms with Gasteiger partial charge in [0.05, 0.1) is 12.1 Å². The number of rotatable bonds is 5. The maximum atomic E-state index is 12.5. The number of hydrogen-bond donors (Lipinski definition) is 0. The summed E-state index contributed by atoms with van der Waals surface area (Å²) in [4.78, 5) is 17.9. The van der Waals surface area contributed by atoms with Crippen LogP contribution in [-0.4, -0.2) is 38.4 Å². The van der Waals surface area contributed by atoms with Gasteiger partial charge in [0.15, 0.2) is 5.84 Å². The fraction of sp³-hybridized carbons (Fsp3) is 0.0952. The average molecular weight is 442 g/mol. The molecule has 7 nitrogen and oxygen atoms in total. The quantitative estimate of drug-likeness (QED) is 0.562. The summed E-state index contributed by atoms with van der Waals surface area (Å²) in [5.41, 5.74) is 1.50. The minimum absolute atomic E-state index is 0.0115. The smallest absolute Gasteiger partial charge is 0.339 e. The summed E-state index contributed by atoms with van der Waals surface area (Å²) in [5.74, 6) is -0.245. The molecule has 2 aromatic carbocycles. The molecule has 0 saturated heterocycles. The fourth-order valence-corrected chi connectivity index (χ4v) is 4.39. The molecule has 0 aliphatic carbocycles. The Hall–Kier alpha value is -3.23. The zero-order valence-corrected chi connectivity index (χ0v) is 17.2. The third-order valence-electron chi connectivity index (χ3n) is 4.45. The van der Waals surface area contributed by atoms with Crippen molar-refractivity contribution < 1.29 is 17.9 Å². The summed E-state index contributed by atoms with van der Waals surface area (Å²) in [7, 11) is -3.80. The van der Waals surface area contributed by atoms with E-state index in [0.29, 0.717) is 21.8 Å². The van der Waals surface area contributed by atoms with Crippen LogP contribution >= 0.6 is 11.6 Å². The number of nitrogens with zero attached hydrogens (tertiary/aromatic N) is 3. The molecule has 0 atom stereocenters. The van der Waals surface area contributed by atoms with Gasteiger partial charge in [-0.1, -0.05) is 23.7 Å². The Morgan fingerprint density at radius 2 is 1.80 bits per heavy atom. The molecule has 0 unspecified atom stereocenters. The van der Waals surface area contributed by atoms with Crippen molar-refractivity contribution in [2.45, 2.75) is 4.90 Å². The van der Waals surface area contributed by atoms with Crippen molar-refractivity contribution in [3.63, 3.8) is 0 Å². The lowest BCUT2D eigenvalue weighted by Crippen LogP contribution is -2.34. The lowest BCUT2D eigenvalue weighted by Gasteiger charge is -2.24. The molecule has 4 rings (SSSR count). The second-order valence-electron chi connectivity index (χ2n) is 6.39. The van der Waals surface area contributed by atoms with E-state index >= 15 is 0 Å². The van der Waals surface area contributed by atoms with Crippen LogP contribution in [0, 0.1) is 0 Å². The molecule has 9 heteroatoms. The highest BCUT2D eigenvalue weighted by Gasteiger charge is 2.32. The molecule has 1 aliphatic rings. The molecule has 1 aromatic heterocycles. The van der Waals surface area contributed by atoms with Crippen molar-refractivity contribution >= 4 is 39.1 Å². The first-order chi connectivity index (χ1) is 14.5. The number of amidine groups is 1. The average Bonchev–Trinajstić information content (AvgIpc) is 3.03. The summed E-state index contributed by atoms with van der Waals surface area (Å²) in [6.07, 6.45) is 2.98. The number of halogens is 1. The van der Waals surface area contributed by atoms with Crippen LogP contribution in [0.2, 0.25) is 5.02 Å². The predicted molar refractivity (Wildman–Crippen MR) is 113 cm³/mol. The molecular formula is C21H16ClN3O4S. The fourth-order valence-electron chi connectivity index (χ4n) is 3.06. The maximum Gasteiger partial charge on any atom is 0.339 e. The van der Waals surface area contributed by atoms with Gasteiger partial charge in [0.1, 0.15) is 11.5 Å². The number of pyridine rings is 1. The molecule has 30 heavy (non-hydrogen) atoms. The van der Waals surface area contributed by atoms with Crippen LogP contribution < -0.4 is 4.90 Å². The van der Waals surface area contributed by atoms with Crippen molar-refractivity contribution in [1.82, 2.24) is 4.98 Å². The Balaban J connectivity index is 1.62. The second-order valence-corrected chi connectivity index (χ2v) is 8.40. The van der Waals surface area contributed by atoms with E-state index in [1.54, 1.807) is 65.7 Å².